The zero-order valence-electron chi connectivity index (χ0n) is 15.8. The first-order valence-corrected chi connectivity index (χ1v) is 10.3. The van der Waals surface area contributed by atoms with E-state index < -0.39 is 27.6 Å². The number of carbonyl (C=O) groups is 2. The zero-order valence-corrected chi connectivity index (χ0v) is 17.4. The number of carbonyl (C=O) groups excluding carboxylic acids is 2. The van der Waals surface area contributed by atoms with Crippen LogP contribution in [-0.2, 0) is 14.8 Å². The molecule has 150 valence electrons. The van der Waals surface area contributed by atoms with Crippen LogP contribution < -0.4 is 5.32 Å². The number of ether oxygens (including phenoxy) is 1. The van der Waals surface area contributed by atoms with Crippen molar-refractivity contribution in [1.29, 1.82) is 0 Å². The highest BCUT2D eigenvalue weighted by Crippen LogP contribution is 2.24. The fourth-order valence-electron chi connectivity index (χ4n) is 2.56. The van der Waals surface area contributed by atoms with E-state index in [1.165, 1.54) is 34.5 Å². The van der Waals surface area contributed by atoms with Gasteiger partial charge in [0.25, 0.3) is 5.91 Å². The average molecular weight is 418 g/mol. The molecule has 10 heteroatoms. The number of halogens is 1. The van der Waals surface area contributed by atoms with Gasteiger partial charge in [0, 0.05) is 33.2 Å². The summed E-state index contributed by atoms with van der Waals surface area (Å²) in [5, 5.41) is 2.60. The Balaban J connectivity index is 2.13. The molecule has 1 N–H and O–H groups in total. The van der Waals surface area contributed by atoms with Crippen LogP contribution in [0.2, 0.25) is 5.02 Å². The molecule has 1 aliphatic heterocycles. The van der Waals surface area contributed by atoms with Crippen LogP contribution in [0, 0.1) is 0 Å². The van der Waals surface area contributed by atoms with Crippen LogP contribution in [0.3, 0.4) is 0 Å². The summed E-state index contributed by atoms with van der Waals surface area (Å²) in [5.41, 5.74) is -0.521. The highest BCUT2D eigenvalue weighted by molar-refractivity contribution is 7.89. The Morgan fingerprint density at radius 2 is 1.74 bits per heavy atom. The lowest BCUT2D eigenvalue weighted by atomic mass is 10.2. The fourth-order valence-corrected chi connectivity index (χ4v) is 4.21. The summed E-state index contributed by atoms with van der Waals surface area (Å²) in [6.07, 6.45) is -0.465. The lowest BCUT2D eigenvalue weighted by molar-refractivity contribution is 0.0192. The SMILES string of the molecule is CNC(=O)c1cc(S(=O)(=O)N2CCN(C(=O)OC(C)(C)C)CC2)ccc1Cl. The van der Waals surface area contributed by atoms with E-state index >= 15 is 0 Å². The predicted molar refractivity (Wildman–Crippen MR) is 101 cm³/mol. The first-order valence-electron chi connectivity index (χ1n) is 8.45. The number of benzene rings is 1. The van der Waals surface area contributed by atoms with Crippen molar-refractivity contribution >= 4 is 33.6 Å². The van der Waals surface area contributed by atoms with Crippen molar-refractivity contribution in [1.82, 2.24) is 14.5 Å². The topological polar surface area (TPSA) is 96.0 Å². The van der Waals surface area contributed by atoms with E-state index in [2.05, 4.69) is 5.32 Å². The summed E-state index contributed by atoms with van der Waals surface area (Å²) >= 11 is 5.99. The summed E-state index contributed by atoms with van der Waals surface area (Å²) < 4.78 is 32.4. The molecule has 8 nitrogen and oxygen atoms in total. The Morgan fingerprint density at radius 3 is 2.26 bits per heavy atom. The van der Waals surface area contributed by atoms with Crippen LogP contribution in [-0.4, -0.2) is 68.5 Å². The summed E-state index contributed by atoms with van der Waals surface area (Å²) in [4.78, 5) is 25.4. The number of nitrogens with one attached hydrogen (secondary N) is 1. The third-order valence-electron chi connectivity index (χ3n) is 3.94. The Hall–Kier alpha value is -1.84. The molecule has 1 aromatic carbocycles. The molecule has 1 fully saturated rings. The van der Waals surface area contributed by atoms with Crippen molar-refractivity contribution in [3.8, 4) is 0 Å². The van der Waals surface area contributed by atoms with Crippen LogP contribution >= 0.6 is 11.6 Å². The molecule has 2 amide bonds. The smallest absolute Gasteiger partial charge is 0.410 e. The molecule has 0 atom stereocenters. The number of amides is 2. The monoisotopic (exact) mass is 417 g/mol. The van der Waals surface area contributed by atoms with Gasteiger partial charge < -0.3 is 15.0 Å². The van der Waals surface area contributed by atoms with Crippen molar-refractivity contribution in [2.24, 2.45) is 0 Å². The van der Waals surface area contributed by atoms with Gasteiger partial charge in [-0.2, -0.15) is 4.31 Å². The molecule has 2 rings (SSSR count). The highest BCUT2D eigenvalue weighted by atomic mass is 35.5. The third-order valence-corrected chi connectivity index (χ3v) is 6.16. The van der Waals surface area contributed by atoms with Gasteiger partial charge in [-0.15, -0.1) is 0 Å². The average Bonchev–Trinajstić information content (AvgIpc) is 2.60. The number of piperazine rings is 1. The number of hydrogen-bond acceptors (Lipinski definition) is 5. The summed E-state index contributed by atoms with van der Waals surface area (Å²) in [7, 11) is -2.37. The van der Waals surface area contributed by atoms with Crippen LogP contribution in [0.25, 0.3) is 0 Å². The number of nitrogens with zero attached hydrogens (tertiary/aromatic N) is 2. The maximum absolute atomic E-state index is 12.9. The molecule has 0 radical (unpaired) electrons. The van der Waals surface area contributed by atoms with Crippen LogP contribution in [0.4, 0.5) is 4.79 Å². The molecule has 27 heavy (non-hydrogen) atoms. The predicted octanol–water partition coefficient (Wildman–Crippen LogP) is 1.94. The van der Waals surface area contributed by atoms with Gasteiger partial charge in [0.05, 0.1) is 15.5 Å². The quantitative estimate of drug-likeness (QED) is 0.810. The minimum Gasteiger partial charge on any atom is -0.444 e. The van der Waals surface area contributed by atoms with E-state index in [4.69, 9.17) is 16.3 Å². The molecule has 0 aromatic heterocycles. The van der Waals surface area contributed by atoms with Gasteiger partial charge in [-0.05, 0) is 39.0 Å². The largest absolute Gasteiger partial charge is 0.444 e. The molecule has 0 aliphatic carbocycles. The van der Waals surface area contributed by atoms with E-state index in [1.54, 1.807) is 20.8 Å². The molecule has 1 aliphatic rings. The fraction of sp³-hybridized carbons (Fsp3) is 0.529. The second-order valence-electron chi connectivity index (χ2n) is 7.09. The molecular formula is C17H24ClN3O5S. The van der Waals surface area contributed by atoms with Gasteiger partial charge in [-0.1, -0.05) is 11.6 Å². The summed E-state index contributed by atoms with van der Waals surface area (Å²) in [6, 6.07) is 4.01. The molecule has 1 heterocycles. The number of rotatable bonds is 3. The maximum atomic E-state index is 12.9. The summed E-state index contributed by atoms with van der Waals surface area (Å²) in [6.45, 7) is 6.05. The van der Waals surface area contributed by atoms with Crippen molar-refractivity contribution in [3.63, 3.8) is 0 Å². The molecule has 1 saturated heterocycles. The first kappa shape index (κ1) is 21.5. The Morgan fingerprint density at radius 1 is 1.15 bits per heavy atom. The summed E-state index contributed by atoms with van der Waals surface area (Å²) in [5.74, 6) is -0.466. The van der Waals surface area contributed by atoms with Crippen molar-refractivity contribution in [2.45, 2.75) is 31.3 Å². The van der Waals surface area contributed by atoms with E-state index in [0.29, 0.717) is 0 Å². The van der Waals surface area contributed by atoms with Crippen LogP contribution in [0.5, 0.6) is 0 Å². The lowest BCUT2D eigenvalue weighted by Crippen LogP contribution is -2.51. The number of sulfonamides is 1. The van der Waals surface area contributed by atoms with Crippen molar-refractivity contribution in [3.05, 3.63) is 28.8 Å². The van der Waals surface area contributed by atoms with Gasteiger partial charge in [-0.25, -0.2) is 13.2 Å². The molecular weight excluding hydrogens is 394 g/mol. The number of hydrogen-bond donors (Lipinski definition) is 1. The second kappa shape index (κ2) is 8.04. The molecule has 1 aromatic rings. The Kier molecular flexibility index (Phi) is 6.39. The minimum absolute atomic E-state index is 0.0174. The molecule has 0 bridgehead atoms. The standard InChI is InChI=1S/C17H24ClN3O5S/c1-17(2,3)26-16(23)20-7-9-21(10-8-20)27(24,25)12-5-6-14(18)13(11-12)15(22)19-4/h5-6,11H,7-10H2,1-4H3,(H,19,22). The highest BCUT2D eigenvalue weighted by Gasteiger charge is 2.32. The van der Waals surface area contributed by atoms with E-state index in [0.717, 1.165) is 0 Å². The molecule has 0 spiro atoms. The molecule has 0 saturated carbocycles. The minimum atomic E-state index is -3.81. The zero-order chi connectivity index (χ0) is 20.4. The van der Waals surface area contributed by atoms with E-state index in [1.807, 2.05) is 0 Å². The third kappa shape index (κ3) is 5.12. The first-order chi connectivity index (χ1) is 12.5. The van der Waals surface area contributed by atoms with Crippen molar-refractivity contribution in [2.75, 3.05) is 33.2 Å². The lowest BCUT2D eigenvalue weighted by Gasteiger charge is -2.35. The Bertz CT molecular complexity index is 827. The van der Waals surface area contributed by atoms with Gasteiger partial charge in [0.15, 0.2) is 0 Å². The van der Waals surface area contributed by atoms with E-state index in [9.17, 15) is 18.0 Å². The Labute approximate surface area is 164 Å². The maximum Gasteiger partial charge on any atom is 0.410 e. The van der Waals surface area contributed by atoms with E-state index in [-0.39, 0.29) is 41.7 Å². The van der Waals surface area contributed by atoms with Crippen LogP contribution in [0.15, 0.2) is 23.1 Å². The van der Waals surface area contributed by atoms with Gasteiger partial charge in [-0.3, -0.25) is 4.79 Å². The van der Waals surface area contributed by atoms with Gasteiger partial charge in [0.1, 0.15) is 5.60 Å². The van der Waals surface area contributed by atoms with Gasteiger partial charge in [0.2, 0.25) is 10.0 Å². The van der Waals surface area contributed by atoms with Crippen molar-refractivity contribution < 1.29 is 22.7 Å². The van der Waals surface area contributed by atoms with Crippen LogP contribution in [0.1, 0.15) is 31.1 Å². The van der Waals surface area contributed by atoms with Gasteiger partial charge >= 0.3 is 6.09 Å². The second-order valence-corrected chi connectivity index (χ2v) is 9.44. The molecule has 0 unspecified atom stereocenters. The normalized spacial score (nSPS) is 16.1.